The first-order valence-corrected chi connectivity index (χ1v) is 6.57. The number of amides is 1. The van der Waals surface area contributed by atoms with E-state index in [9.17, 15) is 4.79 Å². The minimum atomic E-state index is -0.0397. The number of aromatic nitrogens is 2. The minimum Gasteiger partial charge on any atom is -0.349 e. The van der Waals surface area contributed by atoms with Gasteiger partial charge in [-0.3, -0.25) is 9.20 Å². The first-order valence-electron chi connectivity index (χ1n) is 5.69. The molecule has 3 rings (SSSR count). The van der Waals surface area contributed by atoms with Gasteiger partial charge in [0.25, 0.3) is 5.91 Å². The zero-order chi connectivity index (χ0) is 11.8. The molecular weight excluding hydrogens is 236 g/mol. The Bertz CT molecular complexity index is 555. The quantitative estimate of drug-likeness (QED) is 0.847. The van der Waals surface area contributed by atoms with Crippen molar-refractivity contribution < 1.29 is 4.79 Å². The van der Waals surface area contributed by atoms with Crippen molar-refractivity contribution in [2.75, 3.05) is 13.1 Å². The zero-order valence-corrected chi connectivity index (χ0v) is 10.4. The standard InChI is InChI=1S/C11H14N4OS/c1-7-9(15-4-5-17-11(15)14-7)10(16)13-6-8-2-3-12-8/h4-5,8,12H,2-3,6H2,1H3,(H,13,16)/t8-/m0/s1. The first kappa shape index (κ1) is 10.7. The fourth-order valence-electron chi connectivity index (χ4n) is 1.99. The molecule has 0 bridgehead atoms. The van der Waals surface area contributed by atoms with E-state index in [1.54, 1.807) is 0 Å². The predicted octanol–water partition coefficient (Wildman–Crippen LogP) is 0.796. The number of carbonyl (C=O) groups excluding carboxylic acids is 1. The van der Waals surface area contributed by atoms with Crippen LogP contribution in [-0.4, -0.2) is 34.4 Å². The van der Waals surface area contributed by atoms with Gasteiger partial charge in [0.2, 0.25) is 0 Å². The number of nitrogens with one attached hydrogen (secondary N) is 2. The van der Waals surface area contributed by atoms with Crippen LogP contribution in [0.3, 0.4) is 0 Å². The van der Waals surface area contributed by atoms with Gasteiger partial charge in [0.1, 0.15) is 5.69 Å². The van der Waals surface area contributed by atoms with Crippen LogP contribution < -0.4 is 10.6 Å². The van der Waals surface area contributed by atoms with Gasteiger partial charge in [-0.05, 0) is 19.9 Å². The Balaban J connectivity index is 1.79. The lowest BCUT2D eigenvalue weighted by Crippen LogP contribution is -2.50. The molecule has 0 unspecified atom stereocenters. The van der Waals surface area contributed by atoms with Gasteiger partial charge < -0.3 is 10.6 Å². The summed E-state index contributed by atoms with van der Waals surface area (Å²) in [5.74, 6) is -0.0397. The second kappa shape index (κ2) is 4.12. The second-order valence-electron chi connectivity index (χ2n) is 4.25. The van der Waals surface area contributed by atoms with E-state index >= 15 is 0 Å². The third-order valence-electron chi connectivity index (χ3n) is 3.09. The molecule has 1 saturated heterocycles. The summed E-state index contributed by atoms with van der Waals surface area (Å²) < 4.78 is 1.85. The smallest absolute Gasteiger partial charge is 0.270 e. The van der Waals surface area contributed by atoms with Crippen LogP contribution in [0, 0.1) is 6.92 Å². The Morgan fingerprint density at radius 2 is 2.59 bits per heavy atom. The minimum absolute atomic E-state index is 0.0397. The molecule has 1 aliphatic heterocycles. The number of fused-ring (bicyclic) bond motifs is 1. The van der Waals surface area contributed by atoms with E-state index in [4.69, 9.17) is 0 Å². The van der Waals surface area contributed by atoms with Crippen LogP contribution in [0.4, 0.5) is 0 Å². The number of imidazole rings is 1. The molecule has 3 heterocycles. The van der Waals surface area contributed by atoms with Crippen LogP contribution in [-0.2, 0) is 0 Å². The molecule has 5 nitrogen and oxygen atoms in total. The summed E-state index contributed by atoms with van der Waals surface area (Å²) >= 11 is 1.54. The highest BCUT2D eigenvalue weighted by Gasteiger charge is 2.20. The van der Waals surface area contributed by atoms with Crippen molar-refractivity contribution >= 4 is 22.2 Å². The Hall–Kier alpha value is -1.40. The van der Waals surface area contributed by atoms with Crippen LogP contribution >= 0.6 is 11.3 Å². The molecule has 0 spiro atoms. The van der Waals surface area contributed by atoms with Gasteiger partial charge >= 0.3 is 0 Å². The normalized spacial score (nSPS) is 19.2. The molecule has 0 saturated carbocycles. The van der Waals surface area contributed by atoms with Crippen molar-refractivity contribution in [3.8, 4) is 0 Å². The third-order valence-corrected chi connectivity index (χ3v) is 3.84. The maximum Gasteiger partial charge on any atom is 0.270 e. The van der Waals surface area contributed by atoms with Gasteiger partial charge in [0.05, 0.1) is 5.69 Å². The second-order valence-corrected chi connectivity index (χ2v) is 5.12. The van der Waals surface area contributed by atoms with Crippen LogP contribution in [0.2, 0.25) is 0 Å². The number of hydrogen-bond acceptors (Lipinski definition) is 4. The molecule has 1 amide bonds. The fourth-order valence-corrected chi connectivity index (χ4v) is 2.75. The predicted molar refractivity (Wildman–Crippen MR) is 66.5 cm³/mol. The van der Waals surface area contributed by atoms with E-state index in [1.807, 2.05) is 22.9 Å². The zero-order valence-electron chi connectivity index (χ0n) is 9.56. The van der Waals surface area contributed by atoms with E-state index in [0.717, 1.165) is 23.6 Å². The fraction of sp³-hybridized carbons (Fsp3) is 0.455. The highest BCUT2D eigenvalue weighted by atomic mass is 32.1. The van der Waals surface area contributed by atoms with Gasteiger partial charge in [-0.25, -0.2) is 4.98 Å². The van der Waals surface area contributed by atoms with Crippen molar-refractivity contribution in [1.82, 2.24) is 20.0 Å². The summed E-state index contributed by atoms with van der Waals surface area (Å²) in [5, 5.41) is 8.15. The molecule has 2 aromatic rings. The molecule has 17 heavy (non-hydrogen) atoms. The molecule has 2 N–H and O–H groups in total. The maximum atomic E-state index is 12.1. The summed E-state index contributed by atoms with van der Waals surface area (Å²) in [6.07, 6.45) is 3.02. The van der Waals surface area contributed by atoms with Crippen LogP contribution in [0.1, 0.15) is 22.6 Å². The van der Waals surface area contributed by atoms with Gasteiger partial charge in [0.15, 0.2) is 4.96 Å². The van der Waals surface area contributed by atoms with Crippen molar-refractivity contribution in [1.29, 1.82) is 0 Å². The summed E-state index contributed by atoms with van der Waals surface area (Å²) in [6.45, 7) is 3.62. The molecular formula is C11H14N4OS. The number of hydrogen-bond donors (Lipinski definition) is 2. The van der Waals surface area contributed by atoms with Crippen molar-refractivity contribution in [2.45, 2.75) is 19.4 Å². The topological polar surface area (TPSA) is 58.4 Å². The van der Waals surface area contributed by atoms with Gasteiger partial charge in [0, 0.05) is 24.2 Å². The molecule has 6 heteroatoms. The van der Waals surface area contributed by atoms with Crippen molar-refractivity contribution in [3.63, 3.8) is 0 Å². The van der Waals surface area contributed by atoms with E-state index in [-0.39, 0.29) is 5.91 Å². The Kier molecular flexibility index (Phi) is 2.60. The Morgan fingerprint density at radius 3 is 3.29 bits per heavy atom. The van der Waals surface area contributed by atoms with E-state index in [1.165, 1.54) is 11.3 Å². The van der Waals surface area contributed by atoms with E-state index < -0.39 is 0 Å². The monoisotopic (exact) mass is 250 g/mol. The van der Waals surface area contributed by atoms with Gasteiger partial charge in [-0.1, -0.05) is 0 Å². The average molecular weight is 250 g/mol. The molecule has 1 atom stereocenters. The van der Waals surface area contributed by atoms with Crippen LogP contribution in [0.15, 0.2) is 11.6 Å². The van der Waals surface area contributed by atoms with Gasteiger partial charge in [-0.15, -0.1) is 11.3 Å². The number of carbonyl (C=O) groups is 1. The Morgan fingerprint density at radius 1 is 1.76 bits per heavy atom. The molecule has 2 aromatic heterocycles. The molecule has 0 aromatic carbocycles. The summed E-state index contributed by atoms with van der Waals surface area (Å²) in [6, 6.07) is 0.435. The summed E-state index contributed by atoms with van der Waals surface area (Å²) in [4.78, 5) is 17.3. The lowest BCUT2D eigenvalue weighted by molar-refractivity contribution is 0.0938. The highest BCUT2D eigenvalue weighted by molar-refractivity contribution is 7.15. The summed E-state index contributed by atoms with van der Waals surface area (Å²) in [5.41, 5.74) is 1.44. The summed E-state index contributed by atoms with van der Waals surface area (Å²) in [7, 11) is 0. The number of nitrogens with zero attached hydrogens (tertiary/aromatic N) is 2. The van der Waals surface area contributed by atoms with Crippen molar-refractivity contribution in [2.24, 2.45) is 0 Å². The third kappa shape index (κ3) is 1.83. The SMILES string of the molecule is Cc1nc2sccn2c1C(=O)NC[C@@H]1CCN1. The maximum absolute atomic E-state index is 12.1. The number of rotatable bonds is 3. The van der Waals surface area contributed by atoms with Crippen molar-refractivity contribution in [3.05, 3.63) is 23.0 Å². The lowest BCUT2D eigenvalue weighted by Gasteiger charge is -2.27. The molecule has 0 radical (unpaired) electrons. The average Bonchev–Trinajstić information content (AvgIpc) is 2.74. The van der Waals surface area contributed by atoms with Crippen LogP contribution in [0.25, 0.3) is 4.96 Å². The largest absolute Gasteiger partial charge is 0.349 e. The lowest BCUT2D eigenvalue weighted by atomic mass is 10.1. The molecule has 90 valence electrons. The van der Waals surface area contributed by atoms with Crippen LogP contribution in [0.5, 0.6) is 0 Å². The molecule has 1 aliphatic rings. The molecule has 1 fully saturated rings. The first-order chi connectivity index (χ1) is 8.25. The number of aryl methyl sites for hydroxylation is 1. The van der Waals surface area contributed by atoms with Gasteiger partial charge in [-0.2, -0.15) is 0 Å². The number of thiazole rings is 1. The van der Waals surface area contributed by atoms with E-state index in [0.29, 0.717) is 18.3 Å². The van der Waals surface area contributed by atoms with E-state index in [2.05, 4.69) is 15.6 Å². The Labute approximate surface area is 103 Å². The molecule has 0 aliphatic carbocycles. The highest BCUT2D eigenvalue weighted by Crippen LogP contribution is 2.16.